The van der Waals surface area contributed by atoms with Gasteiger partial charge in [0.1, 0.15) is 5.82 Å². The van der Waals surface area contributed by atoms with E-state index in [9.17, 15) is 4.79 Å². The standard InChI is InChI=1S/C12H20N4OS/c1-3-4-10-13-11(15-14-10)12(17)16-7-5-9(18-2)6-8-16/h9H,3-8H2,1-2H3,(H,13,14,15). The zero-order valence-electron chi connectivity index (χ0n) is 11.0. The highest BCUT2D eigenvalue weighted by atomic mass is 32.2. The Kier molecular flexibility index (Phi) is 4.63. The van der Waals surface area contributed by atoms with Gasteiger partial charge in [-0.3, -0.25) is 9.89 Å². The maximum atomic E-state index is 12.2. The first kappa shape index (κ1) is 13.4. The molecule has 1 aliphatic heterocycles. The first-order valence-electron chi connectivity index (χ1n) is 6.48. The Hall–Kier alpha value is -1.04. The van der Waals surface area contributed by atoms with E-state index in [0.717, 1.165) is 44.6 Å². The van der Waals surface area contributed by atoms with Crippen LogP contribution in [0.3, 0.4) is 0 Å². The number of piperidine rings is 1. The van der Waals surface area contributed by atoms with Crippen molar-refractivity contribution in [1.82, 2.24) is 20.1 Å². The normalized spacial score (nSPS) is 17.1. The summed E-state index contributed by atoms with van der Waals surface area (Å²) in [7, 11) is 0. The van der Waals surface area contributed by atoms with Gasteiger partial charge >= 0.3 is 0 Å². The van der Waals surface area contributed by atoms with Crippen molar-refractivity contribution in [3.63, 3.8) is 0 Å². The third kappa shape index (κ3) is 3.04. The molecule has 1 N–H and O–H groups in total. The van der Waals surface area contributed by atoms with Crippen molar-refractivity contribution in [1.29, 1.82) is 0 Å². The SMILES string of the molecule is CCCc1nc(C(=O)N2CCC(SC)CC2)n[nH]1. The number of thioether (sulfide) groups is 1. The van der Waals surface area contributed by atoms with Crippen LogP contribution in [0.4, 0.5) is 0 Å². The Labute approximate surface area is 112 Å². The molecule has 1 saturated heterocycles. The summed E-state index contributed by atoms with van der Waals surface area (Å²) in [6.45, 7) is 3.72. The van der Waals surface area contributed by atoms with E-state index in [4.69, 9.17) is 0 Å². The molecule has 1 amide bonds. The van der Waals surface area contributed by atoms with Gasteiger partial charge in [0, 0.05) is 24.8 Å². The number of carbonyl (C=O) groups is 1. The largest absolute Gasteiger partial charge is 0.336 e. The fourth-order valence-corrected chi connectivity index (χ4v) is 2.86. The van der Waals surface area contributed by atoms with Gasteiger partial charge in [-0.1, -0.05) is 6.92 Å². The monoisotopic (exact) mass is 268 g/mol. The van der Waals surface area contributed by atoms with Gasteiger partial charge in [-0.05, 0) is 25.5 Å². The number of likely N-dealkylation sites (tertiary alicyclic amines) is 1. The van der Waals surface area contributed by atoms with Crippen LogP contribution in [0, 0.1) is 0 Å². The Morgan fingerprint density at radius 3 is 2.83 bits per heavy atom. The van der Waals surface area contributed by atoms with Crippen molar-refractivity contribution < 1.29 is 4.79 Å². The molecule has 18 heavy (non-hydrogen) atoms. The number of amides is 1. The summed E-state index contributed by atoms with van der Waals surface area (Å²) in [6, 6.07) is 0. The molecule has 1 aromatic rings. The molecule has 0 radical (unpaired) electrons. The third-order valence-electron chi connectivity index (χ3n) is 3.27. The molecule has 0 aliphatic carbocycles. The van der Waals surface area contributed by atoms with Crippen LogP contribution in [0.25, 0.3) is 0 Å². The van der Waals surface area contributed by atoms with Crippen molar-refractivity contribution in [2.75, 3.05) is 19.3 Å². The topological polar surface area (TPSA) is 61.9 Å². The molecule has 2 rings (SSSR count). The molecule has 5 nitrogen and oxygen atoms in total. The zero-order chi connectivity index (χ0) is 13.0. The van der Waals surface area contributed by atoms with E-state index in [2.05, 4.69) is 28.4 Å². The molecular formula is C12H20N4OS. The van der Waals surface area contributed by atoms with Gasteiger partial charge in [0.05, 0.1) is 0 Å². The van der Waals surface area contributed by atoms with Gasteiger partial charge in [0.25, 0.3) is 5.91 Å². The second kappa shape index (κ2) is 6.22. The van der Waals surface area contributed by atoms with Crippen molar-refractivity contribution in [2.24, 2.45) is 0 Å². The van der Waals surface area contributed by atoms with E-state index in [1.54, 1.807) is 0 Å². The quantitative estimate of drug-likeness (QED) is 0.903. The van der Waals surface area contributed by atoms with Gasteiger partial charge in [0.15, 0.2) is 0 Å². The van der Waals surface area contributed by atoms with E-state index in [1.165, 1.54) is 0 Å². The molecular weight excluding hydrogens is 248 g/mol. The summed E-state index contributed by atoms with van der Waals surface area (Å²) < 4.78 is 0. The number of hydrogen-bond acceptors (Lipinski definition) is 4. The van der Waals surface area contributed by atoms with Crippen LogP contribution in [0.1, 0.15) is 42.6 Å². The van der Waals surface area contributed by atoms with E-state index in [1.807, 2.05) is 16.7 Å². The van der Waals surface area contributed by atoms with Crippen molar-refractivity contribution in [2.45, 2.75) is 37.9 Å². The average molecular weight is 268 g/mol. The van der Waals surface area contributed by atoms with Gasteiger partial charge < -0.3 is 4.90 Å². The highest BCUT2D eigenvalue weighted by molar-refractivity contribution is 7.99. The van der Waals surface area contributed by atoms with Crippen LogP contribution in [0.5, 0.6) is 0 Å². The number of aromatic amines is 1. The molecule has 0 bridgehead atoms. The number of nitrogens with one attached hydrogen (secondary N) is 1. The van der Waals surface area contributed by atoms with Crippen molar-refractivity contribution in [3.05, 3.63) is 11.6 Å². The van der Waals surface area contributed by atoms with Crippen LogP contribution < -0.4 is 0 Å². The van der Waals surface area contributed by atoms with Crippen LogP contribution in [0.2, 0.25) is 0 Å². The highest BCUT2D eigenvalue weighted by Gasteiger charge is 2.25. The second-order valence-corrected chi connectivity index (χ2v) is 5.72. The summed E-state index contributed by atoms with van der Waals surface area (Å²) in [6.07, 6.45) is 6.11. The Morgan fingerprint density at radius 1 is 1.50 bits per heavy atom. The molecule has 1 fully saturated rings. The predicted molar refractivity (Wildman–Crippen MR) is 72.8 cm³/mol. The number of rotatable bonds is 4. The lowest BCUT2D eigenvalue weighted by atomic mass is 10.1. The average Bonchev–Trinajstić information content (AvgIpc) is 2.87. The lowest BCUT2D eigenvalue weighted by Crippen LogP contribution is -2.39. The molecule has 0 aromatic carbocycles. The lowest BCUT2D eigenvalue weighted by molar-refractivity contribution is 0.0715. The van der Waals surface area contributed by atoms with Crippen LogP contribution in [-0.4, -0.2) is 50.6 Å². The number of aryl methyl sites for hydroxylation is 1. The van der Waals surface area contributed by atoms with Crippen molar-refractivity contribution in [3.8, 4) is 0 Å². The minimum absolute atomic E-state index is 0.0341. The minimum Gasteiger partial charge on any atom is -0.336 e. The van der Waals surface area contributed by atoms with Gasteiger partial charge in [0.2, 0.25) is 5.82 Å². The van der Waals surface area contributed by atoms with E-state index >= 15 is 0 Å². The fraction of sp³-hybridized carbons (Fsp3) is 0.750. The lowest BCUT2D eigenvalue weighted by Gasteiger charge is -2.30. The van der Waals surface area contributed by atoms with E-state index < -0.39 is 0 Å². The second-order valence-electron chi connectivity index (χ2n) is 4.58. The zero-order valence-corrected chi connectivity index (χ0v) is 11.8. The Balaban J connectivity index is 1.94. The van der Waals surface area contributed by atoms with E-state index in [-0.39, 0.29) is 5.91 Å². The van der Waals surface area contributed by atoms with Crippen LogP contribution in [0.15, 0.2) is 0 Å². The summed E-state index contributed by atoms with van der Waals surface area (Å²) in [4.78, 5) is 18.3. The number of carbonyl (C=O) groups excluding carboxylic acids is 1. The van der Waals surface area contributed by atoms with Gasteiger partial charge in [-0.2, -0.15) is 11.8 Å². The summed E-state index contributed by atoms with van der Waals surface area (Å²) in [5.74, 6) is 1.09. The summed E-state index contributed by atoms with van der Waals surface area (Å²) in [5.41, 5.74) is 0. The molecule has 100 valence electrons. The first-order valence-corrected chi connectivity index (χ1v) is 7.76. The number of nitrogens with zero attached hydrogens (tertiary/aromatic N) is 3. The van der Waals surface area contributed by atoms with Crippen molar-refractivity contribution >= 4 is 17.7 Å². The maximum Gasteiger partial charge on any atom is 0.293 e. The molecule has 1 aliphatic rings. The number of hydrogen-bond donors (Lipinski definition) is 1. The fourth-order valence-electron chi connectivity index (χ4n) is 2.18. The van der Waals surface area contributed by atoms with Gasteiger partial charge in [-0.15, -0.1) is 5.10 Å². The number of H-pyrrole nitrogens is 1. The van der Waals surface area contributed by atoms with Gasteiger partial charge in [-0.25, -0.2) is 4.98 Å². The molecule has 0 atom stereocenters. The molecule has 0 saturated carbocycles. The molecule has 0 unspecified atom stereocenters. The Morgan fingerprint density at radius 2 is 2.22 bits per heavy atom. The maximum absolute atomic E-state index is 12.2. The molecule has 6 heteroatoms. The molecule has 1 aromatic heterocycles. The predicted octanol–water partition coefficient (Wildman–Crippen LogP) is 1.72. The number of aromatic nitrogens is 3. The van der Waals surface area contributed by atoms with Crippen LogP contribution >= 0.6 is 11.8 Å². The highest BCUT2D eigenvalue weighted by Crippen LogP contribution is 2.21. The van der Waals surface area contributed by atoms with Crippen LogP contribution in [-0.2, 0) is 6.42 Å². The Bertz CT molecular complexity index is 399. The molecule has 2 heterocycles. The van der Waals surface area contributed by atoms with E-state index in [0.29, 0.717) is 11.1 Å². The summed E-state index contributed by atoms with van der Waals surface area (Å²) in [5, 5.41) is 7.54. The minimum atomic E-state index is -0.0341. The third-order valence-corrected chi connectivity index (χ3v) is 4.41. The summed E-state index contributed by atoms with van der Waals surface area (Å²) >= 11 is 1.89. The molecule has 0 spiro atoms. The smallest absolute Gasteiger partial charge is 0.293 e. The first-order chi connectivity index (χ1) is 8.74.